The van der Waals surface area contributed by atoms with E-state index < -0.39 is 66.9 Å². The van der Waals surface area contributed by atoms with E-state index in [1.54, 1.807) is 0 Å². The van der Waals surface area contributed by atoms with Crippen LogP contribution >= 0.6 is 64.7 Å². The molecule has 2 heterocycles. The summed E-state index contributed by atoms with van der Waals surface area (Å²) in [6.07, 6.45) is 25.9. The van der Waals surface area contributed by atoms with Crippen molar-refractivity contribution in [1.82, 2.24) is 0 Å². The van der Waals surface area contributed by atoms with E-state index in [2.05, 4.69) is 434 Å². The van der Waals surface area contributed by atoms with E-state index in [0.717, 1.165) is 26.7 Å². The Bertz CT molecular complexity index is 5650. The van der Waals surface area contributed by atoms with Gasteiger partial charge in [0.25, 0.3) is 0 Å². The average Bonchev–Trinajstić information content (AvgIpc) is 1.59. The second-order valence-corrected chi connectivity index (χ2v) is 65.9. The first-order valence-electron chi connectivity index (χ1n) is 50.3. The Labute approximate surface area is 939 Å². The minimum Gasteiger partial charge on any atom is -1.00 e. The SMILES string of the molecule is C.C/C=C/c1ccccc1OC(C)C.CC(C)Oc1ccccc1[CH]=[Ru]([Cl])[Cl].CC(C)c1cccc(C(C)C)c1N1[CH-]C2(CCCCC2)CC1(C)C.Cc1cccc(C(C)C)c1[N+]1=CC2(CCCCC2)CC1(C)C.FB(F)F.[CH2+][Si](C)(C)[N-][Si]([CH2+])(C)C.[Cl][Cu+].[Cl][Ru]([Cl])=[C]1C=C(c2ccccc2)c2ccccc21.[F-].[Li+].c1ccc([PH+](c2ccccc2)c2ccccc2)cc1.c1ccc([PH+](c2ccccc2)c2ccccc2)cc1. The summed E-state index contributed by atoms with van der Waals surface area (Å²) in [6.45, 7) is 55.4. The van der Waals surface area contributed by atoms with Crippen LogP contribution in [-0.4, -0.2) is 66.8 Å². The third-order valence-electron chi connectivity index (χ3n) is 25.1. The first-order valence-corrected chi connectivity index (χ1v) is 71.8. The Kier molecular flexibility index (Phi) is 58.2. The number of benzene rings is 12. The average molecular weight is 2380 g/mol. The molecule has 2 saturated carbocycles. The third-order valence-corrected chi connectivity index (χ3v) is 40.4. The Morgan fingerprint density at radius 2 is 0.810 bits per heavy atom. The number of para-hydroxylation sites is 4. The quantitative estimate of drug-likeness (QED) is 0.0251. The number of hydrogen-bond acceptors (Lipinski definition) is 3. The molecular formula is C124H158BCl5CuF4LiN3O2P2Ru2Si2+4. The molecule has 1 saturated heterocycles. The molecule has 3 aliphatic carbocycles. The molecule has 12 aromatic rings. The number of rotatable bonds is 20. The molecule has 147 heavy (non-hydrogen) atoms. The van der Waals surface area contributed by atoms with Crippen molar-refractivity contribution in [2.45, 2.75) is 262 Å². The predicted octanol–water partition coefficient (Wildman–Crippen LogP) is 29.7. The van der Waals surface area contributed by atoms with Crippen molar-refractivity contribution in [3.8, 4) is 11.5 Å². The molecule has 789 valence electrons. The first-order chi connectivity index (χ1) is 68.5. The van der Waals surface area contributed by atoms with Crippen LogP contribution in [0.3, 0.4) is 0 Å². The van der Waals surface area contributed by atoms with E-state index in [1.165, 1.54) is 165 Å². The third kappa shape index (κ3) is 42.4. The molecule has 0 amide bonds. The largest absolute Gasteiger partial charge is 1.00 e. The fourth-order valence-corrected chi connectivity index (χ4v) is 35.8. The van der Waals surface area contributed by atoms with Gasteiger partial charge in [0.05, 0.1) is 27.4 Å². The van der Waals surface area contributed by atoms with Crippen LogP contribution in [-0.2, 0) is 42.1 Å². The van der Waals surface area contributed by atoms with Gasteiger partial charge in [-0.15, -0.1) is 5.41 Å². The van der Waals surface area contributed by atoms with Crippen molar-refractivity contribution in [2.24, 2.45) is 10.8 Å². The van der Waals surface area contributed by atoms with Gasteiger partial charge in [-0.1, -0.05) is 283 Å². The van der Waals surface area contributed by atoms with Crippen LogP contribution in [0.4, 0.5) is 24.3 Å². The second kappa shape index (κ2) is 65.3. The van der Waals surface area contributed by atoms with Crippen LogP contribution in [0.2, 0.25) is 26.2 Å². The number of nitrogens with zero attached hydrogens (tertiary/aromatic N) is 3. The van der Waals surface area contributed by atoms with E-state index in [9.17, 15) is 12.9 Å². The van der Waals surface area contributed by atoms with Crippen molar-refractivity contribution in [3.05, 3.63) is 408 Å². The number of hydrogen-bond donors (Lipinski definition) is 0. The molecule has 5 aliphatic rings. The van der Waals surface area contributed by atoms with Crippen LogP contribution in [0.25, 0.3) is 16.3 Å². The van der Waals surface area contributed by atoms with Gasteiger partial charge < -0.3 is 19.0 Å². The molecule has 3 fully saturated rings. The van der Waals surface area contributed by atoms with Gasteiger partial charge in [-0.3, -0.25) is 12.9 Å². The van der Waals surface area contributed by atoms with Gasteiger partial charge in [-0.25, -0.2) is 6.54 Å². The maximum atomic E-state index is 9.67. The van der Waals surface area contributed by atoms with Gasteiger partial charge in [-0.05, 0) is 201 Å². The summed E-state index contributed by atoms with van der Waals surface area (Å²) >= 11 is 0.00912. The maximum Gasteiger partial charge on any atom is 1.00 e. The fourth-order valence-electron chi connectivity index (χ4n) is 19.8. The molecule has 12 aromatic carbocycles. The zero-order chi connectivity index (χ0) is 105. The summed E-state index contributed by atoms with van der Waals surface area (Å²) in [5.41, 5.74) is 17.3. The molecule has 2 spiro atoms. The maximum absolute atomic E-state index is 9.67. The minimum absolute atomic E-state index is 0. The monoisotopic (exact) mass is 2370 g/mol. The number of ether oxygens (including phenoxy) is 2. The Balaban J connectivity index is 0.000000296. The van der Waals surface area contributed by atoms with E-state index in [0.29, 0.717) is 28.6 Å². The Hall–Kier alpha value is -6.48. The molecule has 23 heteroatoms. The second-order valence-electron chi connectivity index (χ2n) is 41.2. The van der Waals surface area contributed by atoms with Crippen LogP contribution in [0.5, 0.6) is 11.5 Å². The van der Waals surface area contributed by atoms with E-state index in [1.807, 2.05) is 112 Å². The smallest absolute Gasteiger partial charge is 1.00 e. The molecule has 0 bridgehead atoms. The Morgan fingerprint density at radius 3 is 1.17 bits per heavy atom. The van der Waals surface area contributed by atoms with Crippen LogP contribution in [0, 0.1) is 37.4 Å². The number of aryl methyl sites for hydroxylation is 1. The molecule has 0 unspecified atom stereocenters. The normalized spacial score (nSPS) is 14.8. The molecule has 0 radical (unpaired) electrons. The van der Waals surface area contributed by atoms with Crippen LogP contribution < -0.4 is 69.8 Å². The van der Waals surface area contributed by atoms with Crippen molar-refractivity contribution in [1.29, 1.82) is 0 Å². The molecular weight excluding hydrogens is 2220 g/mol. The van der Waals surface area contributed by atoms with Crippen molar-refractivity contribution < 1.29 is 92.7 Å². The molecule has 2 aliphatic heterocycles. The van der Waals surface area contributed by atoms with Gasteiger partial charge in [0.15, 0.2) is 28.2 Å². The summed E-state index contributed by atoms with van der Waals surface area (Å²) in [6, 6.07) is 113. The Morgan fingerprint density at radius 1 is 0.469 bits per heavy atom. The fraction of sp³-hybridized carbons (Fsp3) is 0.339. The predicted molar refractivity (Wildman–Crippen MR) is 637 cm³/mol. The molecule has 17 rings (SSSR count). The van der Waals surface area contributed by atoms with Gasteiger partial charge in [0.2, 0.25) is 5.69 Å². The van der Waals surface area contributed by atoms with Crippen LogP contribution in [0.1, 0.15) is 256 Å². The number of halogens is 9. The van der Waals surface area contributed by atoms with Gasteiger partial charge in [-0.2, -0.15) is 4.58 Å². The van der Waals surface area contributed by atoms with Crippen molar-refractivity contribution in [2.75, 3.05) is 4.90 Å². The van der Waals surface area contributed by atoms with Crippen LogP contribution in [0.15, 0.2) is 334 Å². The summed E-state index contributed by atoms with van der Waals surface area (Å²) in [5.74, 6) is 3.50. The standard InChI is InChI=1S/C23H36N.C21H32N.2C18H15P.C15H10.C12H16O.C10H12O.C6H16NSi2.CH4.BF3.5ClH.Cu.FH.Li.2Ru/c1-17(2)19-11-10-12-20(18(3)4)21(19)24-16-23(15-22(24,5)6)13-8-7-9-14-23;1-16(2)18-11-9-10-17(3)19(18)22-15-21(14-20(22,4)5)12-7-6-8-13-21;2*1-4-10-16(11-5-1)19(17-12-6-2-7-13-17)18-14-8-3-9-15-18;1-2-6-12(7-3-1)15-11-10-13-8-4-5-9-14(13)15;1-4-7-11-8-5-6-9-12(11)13-10(2)3;1-8(2)11-10-7-5-4-6-9(10)3;1-8(2,3)7-9(4,5)6;;2-1(3)4;;;;;;;;;;/h10-12,16-18H,7-9,13-15H2,1-6H3;9-11,15-16H,6-8,12-14H2,1-5H3;2*1-15H;1-9,11H;4-10H,1-3H3;3-8H,1-2H3;1,4H2,2-3,5-6H3;1H4;;5*1H;;1H;;;/q-1;+1;;;;;;+1;;;;;;;;+2;;+1;2*+2/p-4/b;;;;;7-4+;;;;;;;;;;;;;;. The molecule has 5 nitrogen and oxygen atoms in total. The molecule has 0 N–H and O–H groups in total. The minimum atomic E-state index is -3.67. The summed E-state index contributed by atoms with van der Waals surface area (Å²) < 4.78 is 50.5. The number of anilines is 1. The van der Waals surface area contributed by atoms with Gasteiger partial charge in [0, 0.05) is 48.2 Å². The number of fused-ring (bicyclic) bond motifs is 1. The zero-order valence-corrected chi connectivity index (χ0v) is 102. The topological polar surface area (TPSA) is 38.8 Å². The first kappa shape index (κ1) is 131. The van der Waals surface area contributed by atoms with Crippen molar-refractivity contribution >= 4 is 159 Å². The van der Waals surface area contributed by atoms with Crippen molar-refractivity contribution in [3.63, 3.8) is 0 Å². The zero-order valence-electron chi connectivity index (χ0n) is 89.5. The van der Waals surface area contributed by atoms with E-state index in [4.69, 9.17) is 48.2 Å². The summed E-state index contributed by atoms with van der Waals surface area (Å²) in [7, 11) is 20.0. The molecule has 0 aromatic heterocycles. The number of allylic oxidation sites excluding steroid dienone is 2. The van der Waals surface area contributed by atoms with E-state index in [-0.39, 0.29) is 54.3 Å². The summed E-state index contributed by atoms with van der Waals surface area (Å²) in [5, 5.41) is 8.61. The summed E-state index contributed by atoms with van der Waals surface area (Å²) in [4.78, 5) is 2.68. The van der Waals surface area contributed by atoms with E-state index >= 15 is 0 Å². The van der Waals surface area contributed by atoms with Gasteiger partial charge in [0.1, 0.15) is 37.6 Å². The van der Waals surface area contributed by atoms with Gasteiger partial charge >= 0.3 is 269 Å². The molecule has 0 atom stereocenters.